The molecule has 5 N–H and O–H groups in total. The molecule has 6 amide bonds. The summed E-state index contributed by atoms with van der Waals surface area (Å²) in [6.07, 6.45) is 10.5. The van der Waals surface area contributed by atoms with E-state index in [2.05, 4.69) is 45.7 Å². The fraction of sp³-hybridized carbons (Fsp3) is 0.513. The van der Waals surface area contributed by atoms with Crippen molar-refractivity contribution in [2.45, 2.75) is 63.5 Å². The molecule has 300 valence electrons. The van der Waals surface area contributed by atoms with Gasteiger partial charge < -0.3 is 31.1 Å². The van der Waals surface area contributed by atoms with E-state index in [0.717, 1.165) is 88.4 Å². The lowest BCUT2D eigenvalue weighted by molar-refractivity contribution is -0.136. The number of hydrogen-bond donors (Lipinski definition) is 4. The average molecular weight is 781 g/mol. The Labute approximate surface area is 329 Å². The molecule has 2 aromatic heterocycles. The van der Waals surface area contributed by atoms with Crippen molar-refractivity contribution < 1.29 is 28.8 Å². The van der Waals surface area contributed by atoms with Crippen LogP contribution in [0.25, 0.3) is 0 Å². The van der Waals surface area contributed by atoms with Crippen LogP contribution in [-0.4, -0.2) is 123 Å². The van der Waals surface area contributed by atoms with Gasteiger partial charge in [0.05, 0.1) is 29.2 Å². The molecule has 1 unspecified atom stereocenters. The van der Waals surface area contributed by atoms with Gasteiger partial charge in [0.2, 0.25) is 17.7 Å². The Morgan fingerprint density at radius 2 is 1.68 bits per heavy atom. The van der Waals surface area contributed by atoms with E-state index >= 15 is 0 Å². The lowest BCUT2D eigenvalue weighted by atomic mass is 9.91. The largest absolute Gasteiger partial charge is 0.371 e. The van der Waals surface area contributed by atoms with E-state index in [1.54, 1.807) is 42.5 Å². The van der Waals surface area contributed by atoms with Crippen LogP contribution in [0.2, 0.25) is 0 Å². The first-order chi connectivity index (χ1) is 27.5. The standard InChI is InChI=1S/C39H48N12O6/c1-47-21-26(18-42-47)43-35-33(34(40)53)41-19-31(45-35)50-12-2-3-25(22-50)44-36(54)24-10-13-48(14-11-24)20-23-8-15-49(16-9-23)27-4-5-28-29(17-27)39(57)51(38(28)56)30-6-7-32(52)46-37(30)55/h4-5,17-19,21,23-25,30H,2-3,6-16,20,22H2,1H3,(H2,40,53)(H,43,45)(H,44,54)(H,46,52,55)/t25-,30?/m1/s1. The summed E-state index contributed by atoms with van der Waals surface area (Å²) < 4.78 is 1.63. The van der Waals surface area contributed by atoms with Gasteiger partial charge in [0.15, 0.2) is 11.5 Å². The molecule has 18 heteroatoms. The fourth-order valence-corrected chi connectivity index (χ4v) is 8.82. The number of nitrogens with one attached hydrogen (secondary N) is 3. The number of anilines is 4. The monoisotopic (exact) mass is 780 g/mol. The van der Waals surface area contributed by atoms with Crippen LogP contribution in [-0.2, 0) is 21.4 Å². The van der Waals surface area contributed by atoms with Gasteiger partial charge in [-0.25, -0.2) is 9.97 Å². The van der Waals surface area contributed by atoms with Crippen LogP contribution >= 0.6 is 0 Å². The number of imide groups is 2. The second-order valence-electron chi connectivity index (χ2n) is 15.8. The second kappa shape index (κ2) is 15.9. The van der Waals surface area contributed by atoms with Crippen molar-refractivity contribution in [2.24, 2.45) is 24.6 Å². The number of nitrogens with two attached hydrogens (primary N) is 1. The van der Waals surface area contributed by atoms with Gasteiger partial charge >= 0.3 is 0 Å². The molecule has 0 radical (unpaired) electrons. The third kappa shape index (κ3) is 8.03. The molecule has 0 saturated carbocycles. The van der Waals surface area contributed by atoms with Crippen LogP contribution in [0, 0.1) is 11.8 Å². The van der Waals surface area contributed by atoms with E-state index < -0.39 is 35.6 Å². The Kier molecular flexibility index (Phi) is 10.6. The fourth-order valence-electron chi connectivity index (χ4n) is 8.82. The Bertz CT molecular complexity index is 2090. The van der Waals surface area contributed by atoms with Crippen molar-refractivity contribution >= 4 is 58.5 Å². The van der Waals surface area contributed by atoms with Crippen molar-refractivity contribution in [1.29, 1.82) is 0 Å². The summed E-state index contributed by atoms with van der Waals surface area (Å²) in [6, 6.07) is 4.29. The number of amides is 6. The van der Waals surface area contributed by atoms with Crippen molar-refractivity contribution in [2.75, 3.05) is 60.9 Å². The predicted octanol–water partition coefficient (Wildman–Crippen LogP) is 1.17. The zero-order valence-electron chi connectivity index (χ0n) is 32.0. The summed E-state index contributed by atoms with van der Waals surface area (Å²) in [4.78, 5) is 92.8. The first kappa shape index (κ1) is 38.0. The van der Waals surface area contributed by atoms with Crippen LogP contribution in [0.5, 0.6) is 0 Å². The summed E-state index contributed by atoms with van der Waals surface area (Å²) in [7, 11) is 1.79. The number of fused-ring (bicyclic) bond motifs is 1. The summed E-state index contributed by atoms with van der Waals surface area (Å²) in [5.74, 6) is -1.26. The maximum absolute atomic E-state index is 13.5. The normalized spacial score (nSPS) is 22.4. The van der Waals surface area contributed by atoms with Crippen molar-refractivity contribution in [3.05, 3.63) is 53.6 Å². The topological polar surface area (TPSA) is 221 Å². The summed E-state index contributed by atoms with van der Waals surface area (Å²) in [5, 5.41) is 12.8. The van der Waals surface area contributed by atoms with Crippen molar-refractivity contribution in [3.8, 4) is 0 Å². The van der Waals surface area contributed by atoms with Gasteiger partial charge in [0.1, 0.15) is 11.9 Å². The number of nitrogens with zero attached hydrogens (tertiary/aromatic N) is 8. The van der Waals surface area contributed by atoms with E-state index in [0.29, 0.717) is 29.5 Å². The zero-order valence-corrected chi connectivity index (χ0v) is 32.0. The first-order valence-corrected chi connectivity index (χ1v) is 19.8. The number of primary amides is 1. The van der Waals surface area contributed by atoms with Crippen LogP contribution < -0.4 is 31.5 Å². The highest BCUT2D eigenvalue weighted by atomic mass is 16.2. The molecule has 0 bridgehead atoms. The van der Waals surface area contributed by atoms with Gasteiger partial charge in [-0.15, -0.1) is 0 Å². The first-order valence-electron chi connectivity index (χ1n) is 19.8. The summed E-state index contributed by atoms with van der Waals surface area (Å²) in [6.45, 7) is 5.69. The zero-order chi connectivity index (χ0) is 39.8. The Morgan fingerprint density at radius 1 is 0.912 bits per heavy atom. The minimum absolute atomic E-state index is 0.0321. The number of aryl methyl sites for hydroxylation is 1. The number of benzene rings is 1. The van der Waals surface area contributed by atoms with Gasteiger partial charge in [-0.2, -0.15) is 5.10 Å². The molecule has 5 aliphatic heterocycles. The van der Waals surface area contributed by atoms with Crippen LogP contribution in [0.3, 0.4) is 0 Å². The summed E-state index contributed by atoms with van der Waals surface area (Å²) >= 11 is 0. The molecule has 5 aliphatic rings. The van der Waals surface area contributed by atoms with E-state index in [1.807, 2.05) is 6.07 Å². The van der Waals surface area contributed by atoms with E-state index in [1.165, 1.54) is 0 Å². The van der Waals surface area contributed by atoms with Gasteiger partial charge in [-0.3, -0.25) is 43.7 Å². The van der Waals surface area contributed by atoms with Crippen LogP contribution in [0.4, 0.5) is 23.0 Å². The van der Waals surface area contributed by atoms with Crippen LogP contribution in [0.15, 0.2) is 36.8 Å². The molecule has 0 aliphatic carbocycles. The minimum atomic E-state index is -0.981. The molecule has 2 atom stereocenters. The summed E-state index contributed by atoms with van der Waals surface area (Å²) in [5.41, 5.74) is 7.73. The molecule has 8 rings (SSSR count). The SMILES string of the molecule is Cn1cc(Nc2nc(N3CCC[C@@H](NC(=O)C4CCN(CC5CCN(c6ccc7c(c6)C(=O)N(C6CCC(=O)NC6=O)C7=O)CC5)CC4)C3)cnc2C(N)=O)cn1. The van der Waals surface area contributed by atoms with Crippen molar-refractivity contribution in [3.63, 3.8) is 0 Å². The molecule has 0 spiro atoms. The average Bonchev–Trinajstić information content (AvgIpc) is 3.73. The third-order valence-corrected chi connectivity index (χ3v) is 11.9. The molecule has 3 aromatic rings. The van der Waals surface area contributed by atoms with Gasteiger partial charge in [0, 0.05) is 70.0 Å². The number of hydrogen-bond acceptors (Lipinski definition) is 13. The maximum atomic E-state index is 13.5. The van der Waals surface area contributed by atoms with E-state index in [-0.39, 0.29) is 47.8 Å². The Hall–Kier alpha value is -5.91. The number of aromatic nitrogens is 4. The minimum Gasteiger partial charge on any atom is -0.371 e. The molecule has 4 saturated heterocycles. The van der Waals surface area contributed by atoms with Gasteiger partial charge in [0.25, 0.3) is 17.7 Å². The number of piperidine rings is 4. The molecular formula is C39H48N12O6. The van der Waals surface area contributed by atoms with E-state index in [4.69, 9.17) is 5.73 Å². The maximum Gasteiger partial charge on any atom is 0.271 e. The Morgan fingerprint density at radius 3 is 2.40 bits per heavy atom. The molecule has 1 aromatic carbocycles. The molecule has 57 heavy (non-hydrogen) atoms. The number of rotatable bonds is 10. The molecular weight excluding hydrogens is 733 g/mol. The molecule has 4 fully saturated rings. The lowest BCUT2D eigenvalue weighted by Gasteiger charge is -2.39. The smallest absolute Gasteiger partial charge is 0.271 e. The van der Waals surface area contributed by atoms with Crippen molar-refractivity contribution in [1.82, 2.24) is 40.2 Å². The lowest BCUT2D eigenvalue weighted by Crippen LogP contribution is -2.54. The van der Waals surface area contributed by atoms with Crippen LogP contribution in [0.1, 0.15) is 82.6 Å². The van der Waals surface area contributed by atoms with Gasteiger partial charge in [-0.05, 0) is 82.2 Å². The second-order valence-corrected chi connectivity index (χ2v) is 15.8. The number of carbonyl (C=O) groups excluding carboxylic acids is 6. The number of carbonyl (C=O) groups is 6. The Balaban J connectivity index is 0.789. The van der Waals surface area contributed by atoms with Gasteiger partial charge in [-0.1, -0.05) is 0 Å². The predicted molar refractivity (Wildman–Crippen MR) is 208 cm³/mol. The third-order valence-electron chi connectivity index (χ3n) is 11.9. The highest BCUT2D eigenvalue weighted by molar-refractivity contribution is 6.23. The highest BCUT2D eigenvalue weighted by Crippen LogP contribution is 2.33. The van der Waals surface area contributed by atoms with E-state index in [9.17, 15) is 28.8 Å². The molecule has 7 heterocycles. The quantitative estimate of drug-likeness (QED) is 0.213. The molecule has 18 nitrogen and oxygen atoms in total. The highest BCUT2D eigenvalue weighted by Gasteiger charge is 2.45. The number of likely N-dealkylation sites (tertiary alicyclic amines) is 1.